The molecule has 1 aromatic carbocycles. The van der Waals surface area contributed by atoms with Gasteiger partial charge in [0, 0.05) is 29.7 Å². The maximum absolute atomic E-state index is 13.9. The largest absolute Gasteiger partial charge is 0.337 e. The highest BCUT2D eigenvalue weighted by Gasteiger charge is 2.24. The van der Waals surface area contributed by atoms with Crippen LogP contribution in [0, 0.1) is 12.7 Å². The van der Waals surface area contributed by atoms with Gasteiger partial charge in [-0.2, -0.15) is 11.8 Å². The number of aryl methyl sites for hydroxylation is 1. The molecular formula is C17H18FNOS2. The minimum atomic E-state index is -0.145. The molecule has 1 fully saturated rings. The van der Waals surface area contributed by atoms with Crippen LogP contribution in [0.3, 0.4) is 0 Å². The molecule has 1 amide bonds. The Morgan fingerprint density at radius 3 is 2.86 bits per heavy atom. The monoisotopic (exact) mass is 335 g/mol. The number of thioether (sulfide) groups is 1. The van der Waals surface area contributed by atoms with Crippen LogP contribution in [0.1, 0.15) is 32.5 Å². The van der Waals surface area contributed by atoms with E-state index >= 15 is 0 Å². The highest BCUT2D eigenvalue weighted by atomic mass is 32.2. The van der Waals surface area contributed by atoms with Gasteiger partial charge in [0.15, 0.2) is 0 Å². The quantitative estimate of drug-likeness (QED) is 0.804. The summed E-state index contributed by atoms with van der Waals surface area (Å²) in [4.78, 5) is 15.2. The van der Waals surface area contributed by atoms with Crippen LogP contribution < -0.4 is 0 Å². The predicted molar refractivity (Wildman–Crippen MR) is 91.2 cm³/mol. The van der Waals surface area contributed by atoms with Gasteiger partial charge < -0.3 is 4.90 Å². The van der Waals surface area contributed by atoms with E-state index in [4.69, 9.17) is 0 Å². The Bertz CT molecular complexity index is 670. The van der Waals surface area contributed by atoms with Crippen LogP contribution in [0.2, 0.25) is 0 Å². The summed E-state index contributed by atoms with van der Waals surface area (Å²) in [5.41, 5.74) is 1.88. The Hall–Kier alpha value is -1.33. The van der Waals surface area contributed by atoms with Crippen molar-refractivity contribution < 1.29 is 9.18 Å². The molecule has 116 valence electrons. The lowest BCUT2D eigenvalue weighted by molar-refractivity contribution is 0.0771. The van der Waals surface area contributed by atoms with Crippen LogP contribution in [-0.4, -0.2) is 29.6 Å². The smallest absolute Gasteiger partial charge is 0.263 e. The van der Waals surface area contributed by atoms with Gasteiger partial charge in [-0.3, -0.25) is 4.79 Å². The summed E-state index contributed by atoms with van der Waals surface area (Å²) in [7, 11) is 0. The van der Waals surface area contributed by atoms with Gasteiger partial charge >= 0.3 is 0 Å². The summed E-state index contributed by atoms with van der Waals surface area (Å²) < 4.78 is 13.9. The molecule has 0 spiro atoms. The molecule has 0 aliphatic carbocycles. The molecule has 1 saturated heterocycles. The molecule has 1 atom stereocenters. The first kappa shape index (κ1) is 15.6. The summed E-state index contributed by atoms with van der Waals surface area (Å²) in [6.45, 7) is 3.41. The Balaban J connectivity index is 1.70. The summed E-state index contributed by atoms with van der Waals surface area (Å²) >= 11 is 3.24. The summed E-state index contributed by atoms with van der Waals surface area (Å²) in [6, 6.07) is 8.90. The van der Waals surface area contributed by atoms with Crippen LogP contribution in [-0.2, 0) is 0 Å². The molecule has 2 nitrogen and oxygen atoms in total. The molecule has 2 aromatic rings. The van der Waals surface area contributed by atoms with Gasteiger partial charge in [-0.1, -0.05) is 18.2 Å². The second-order valence-electron chi connectivity index (χ2n) is 5.45. The Kier molecular flexibility index (Phi) is 4.84. The minimum Gasteiger partial charge on any atom is -0.337 e. The van der Waals surface area contributed by atoms with Gasteiger partial charge in [0.2, 0.25) is 0 Å². The van der Waals surface area contributed by atoms with Crippen LogP contribution >= 0.6 is 23.1 Å². The molecule has 0 bridgehead atoms. The summed E-state index contributed by atoms with van der Waals surface area (Å²) in [6.07, 6.45) is 0.793. The lowest BCUT2D eigenvalue weighted by atomic mass is 10.1. The van der Waals surface area contributed by atoms with Crippen molar-refractivity contribution >= 4 is 29.0 Å². The zero-order chi connectivity index (χ0) is 15.5. The second kappa shape index (κ2) is 6.84. The van der Waals surface area contributed by atoms with Gasteiger partial charge in [0.05, 0.1) is 4.88 Å². The molecule has 1 unspecified atom stereocenters. The summed E-state index contributed by atoms with van der Waals surface area (Å²) in [5.74, 6) is 0.802. The van der Waals surface area contributed by atoms with Crippen molar-refractivity contribution in [1.82, 2.24) is 4.90 Å². The third-order valence-electron chi connectivity index (χ3n) is 3.82. The minimum absolute atomic E-state index is 0.105. The Morgan fingerprint density at radius 1 is 1.32 bits per heavy atom. The van der Waals surface area contributed by atoms with E-state index in [1.54, 1.807) is 17.8 Å². The number of carbonyl (C=O) groups excluding carboxylic acids is 1. The maximum Gasteiger partial charge on any atom is 0.263 e. The van der Waals surface area contributed by atoms with E-state index in [1.807, 2.05) is 35.4 Å². The first-order valence-electron chi connectivity index (χ1n) is 7.35. The number of carbonyl (C=O) groups is 1. The average molecular weight is 335 g/mol. The lowest BCUT2D eigenvalue weighted by Gasteiger charge is -2.19. The van der Waals surface area contributed by atoms with Gasteiger partial charge in [0.1, 0.15) is 5.82 Å². The van der Waals surface area contributed by atoms with Crippen LogP contribution in [0.5, 0.6) is 0 Å². The number of thiophene rings is 1. The molecule has 22 heavy (non-hydrogen) atoms. The second-order valence-corrected chi connectivity index (χ2v) is 7.67. The number of halogens is 1. The van der Waals surface area contributed by atoms with Crippen molar-refractivity contribution in [2.24, 2.45) is 0 Å². The number of rotatable bonds is 2. The fraction of sp³-hybridized carbons (Fsp3) is 0.353. The van der Waals surface area contributed by atoms with E-state index in [-0.39, 0.29) is 17.0 Å². The first-order chi connectivity index (χ1) is 10.6. The SMILES string of the molecule is Cc1csc(C(=O)N2CCSC(c3ccccc3F)CC2)c1. The molecule has 1 aliphatic heterocycles. The maximum atomic E-state index is 13.9. The van der Waals surface area contributed by atoms with Crippen molar-refractivity contribution in [3.05, 3.63) is 57.5 Å². The zero-order valence-electron chi connectivity index (χ0n) is 12.4. The molecule has 2 heterocycles. The third-order valence-corrected chi connectivity index (χ3v) is 6.17. The van der Waals surface area contributed by atoms with E-state index in [2.05, 4.69) is 0 Å². The normalized spacial score (nSPS) is 19.0. The van der Waals surface area contributed by atoms with E-state index in [1.165, 1.54) is 17.4 Å². The van der Waals surface area contributed by atoms with Crippen molar-refractivity contribution in [2.45, 2.75) is 18.6 Å². The predicted octanol–water partition coefficient (Wildman–Crippen LogP) is 4.52. The third kappa shape index (κ3) is 3.36. The van der Waals surface area contributed by atoms with Crippen molar-refractivity contribution in [1.29, 1.82) is 0 Å². The molecule has 3 rings (SSSR count). The van der Waals surface area contributed by atoms with Crippen molar-refractivity contribution in [3.63, 3.8) is 0 Å². The average Bonchev–Trinajstić information content (AvgIpc) is 2.81. The molecule has 1 aliphatic rings. The topological polar surface area (TPSA) is 20.3 Å². The fourth-order valence-electron chi connectivity index (χ4n) is 2.66. The standard InChI is InChI=1S/C17H18FNOS2/c1-12-10-16(22-11-12)17(20)19-7-6-15(21-9-8-19)13-4-2-3-5-14(13)18/h2-5,10-11,15H,6-9H2,1H3. The van der Waals surface area contributed by atoms with E-state index in [9.17, 15) is 9.18 Å². The first-order valence-corrected chi connectivity index (χ1v) is 9.28. The highest BCUT2D eigenvalue weighted by molar-refractivity contribution is 7.99. The number of amides is 1. The number of hydrogen-bond donors (Lipinski definition) is 0. The van der Waals surface area contributed by atoms with E-state index in [0.717, 1.165) is 34.7 Å². The van der Waals surface area contributed by atoms with Crippen molar-refractivity contribution in [3.8, 4) is 0 Å². The van der Waals surface area contributed by atoms with Crippen LogP contribution in [0.4, 0.5) is 4.39 Å². The van der Waals surface area contributed by atoms with Crippen molar-refractivity contribution in [2.75, 3.05) is 18.8 Å². The van der Waals surface area contributed by atoms with Gasteiger partial charge in [-0.05, 0) is 36.4 Å². The Labute approximate surface area is 138 Å². The fourth-order valence-corrected chi connectivity index (χ4v) is 4.78. The number of benzene rings is 1. The lowest BCUT2D eigenvalue weighted by Crippen LogP contribution is -2.32. The zero-order valence-corrected chi connectivity index (χ0v) is 14.1. The van der Waals surface area contributed by atoms with Crippen LogP contribution in [0.15, 0.2) is 35.7 Å². The number of nitrogens with zero attached hydrogens (tertiary/aromatic N) is 1. The molecule has 0 N–H and O–H groups in total. The Morgan fingerprint density at radius 2 is 2.14 bits per heavy atom. The van der Waals surface area contributed by atoms with Gasteiger partial charge in [-0.25, -0.2) is 4.39 Å². The van der Waals surface area contributed by atoms with Crippen LogP contribution in [0.25, 0.3) is 0 Å². The molecule has 1 aromatic heterocycles. The molecule has 0 radical (unpaired) electrons. The molecule has 5 heteroatoms. The molecular weight excluding hydrogens is 317 g/mol. The van der Waals surface area contributed by atoms with Gasteiger partial charge in [0.25, 0.3) is 5.91 Å². The van der Waals surface area contributed by atoms with E-state index < -0.39 is 0 Å². The summed E-state index contributed by atoms with van der Waals surface area (Å²) in [5, 5.41) is 2.13. The number of hydrogen-bond acceptors (Lipinski definition) is 3. The molecule has 0 saturated carbocycles. The van der Waals surface area contributed by atoms with E-state index in [0.29, 0.717) is 6.54 Å². The highest BCUT2D eigenvalue weighted by Crippen LogP contribution is 2.36. The van der Waals surface area contributed by atoms with Gasteiger partial charge in [-0.15, -0.1) is 11.3 Å².